The number of rotatable bonds is 1. The van der Waals surface area contributed by atoms with Gasteiger partial charge in [-0.1, -0.05) is 13.8 Å². The maximum atomic E-state index is 13.3. The van der Waals surface area contributed by atoms with Crippen LogP contribution >= 0.6 is 0 Å². The molecule has 2 aliphatic heterocycles. The van der Waals surface area contributed by atoms with Crippen LogP contribution in [-0.4, -0.2) is 34.3 Å². The minimum atomic E-state index is -4.47. The van der Waals surface area contributed by atoms with Crippen molar-refractivity contribution in [1.29, 1.82) is 0 Å². The second-order valence-electron chi connectivity index (χ2n) is 7.98. The normalized spacial score (nSPS) is 25.4. The number of nitrogens with one attached hydrogen (secondary N) is 1. The van der Waals surface area contributed by atoms with Crippen molar-refractivity contribution in [1.82, 2.24) is 14.7 Å². The predicted octanol–water partition coefficient (Wildman–Crippen LogP) is 2.62. The number of amides is 2. The molecule has 2 amide bonds. The summed E-state index contributed by atoms with van der Waals surface area (Å²) in [6.45, 7) is 4.49. The van der Waals surface area contributed by atoms with Crippen molar-refractivity contribution in [2.45, 2.75) is 32.9 Å². The van der Waals surface area contributed by atoms with E-state index in [1.165, 1.54) is 12.5 Å². The second-order valence-corrected chi connectivity index (χ2v) is 7.98. The lowest BCUT2D eigenvalue weighted by Crippen LogP contribution is -2.56. The van der Waals surface area contributed by atoms with Gasteiger partial charge in [0.25, 0.3) is 0 Å². The van der Waals surface area contributed by atoms with Gasteiger partial charge in [0, 0.05) is 19.5 Å². The highest BCUT2D eigenvalue weighted by Crippen LogP contribution is 2.51. The van der Waals surface area contributed by atoms with Crippen LogP contribution in [0.15, 0.2) is 24.7 Å². The Kier molecular flexibility index (Phi) is 3.60. The maximum Gasteiger partial charge on any atom is 0.416 e. The highest BCUT2D eigenvalue weighted by atomic mass is 19.4. The first-order chi connectivity index (χ1) is 12.5. The lowest BCUT2D eigenvalue weighted by molar-refractivity contribution is -0.137. The van der Waals surface area contributed by atoms with Crippen molar-refractivity contribution in [2.24, 2.45) is 10.8 Å². The van der Waals surface area contributed by atoms with Crippen molar-refractivity contribution < 1.29 is 22.8 Å². The summed E-state index contributed by atoms with van der Waals surface area (Å²) in [5.41, 5.74) is -1.80. The monoisotopic (exact) mass is 380 g/mol. The molecule has 2 saturated heterocycles. The highest BCUT2D eigenvalue weighted by molar-refractivity contribution is 6.06. The van der Waals surface area contributed by atoms with E-state index in [2.05, 4.69) is 10.3 Å². The molecular weight excluding hydrogens is 361 g/mol. The Labute approximate surface area is 153 Å². The number of halogens is 3. The first kappa shape index (κ1) is 17.8. The zero-order chi connectivity index (χ0) is 19.6. The summed E-state index contributed by atoms with van der Waals surface area (Å²) >= 11 is 0. The first-order valence-electron chi connectivity index (χ1n) is 8.66. The molecule has 4 rings (SSSR count). The average Bonchev–Trinajstić information content (AvgIpc) is 3.13. The van der Waals surface area contributed by atoms with Gasteiger partial charge in [-0.3, -0.25) is 19.3 Å². The van der Waals surface area contributed by atoms with E-state index in [4.69, 9.17) is 0 Å². The van der Waals surface area contributed by atoms with Crippen molar-refractivity contribution in [3.63, 3.8) is 0 Å². The minimum absolute atomic E-state index is 0.121. The van der Waals surface area contributed by atoms with Crippen LogP contribution in [-0.2, 0) is 15.8 Å². The smallest absolute Gasteiger partial charge is 0.357 e. The summed E-state index contributed by atoms with van der Waals surface area (Å²) in [5.74, 6) is -0.198. The van der Waals surface area contributed by atoms with Crippen LogP contribution < -0.4 is 10.2 Å². The Bertz CT molecular complexity index is 950. The fourth-order valence-electron chi connectivity index (χ4n) is 4.38. The van der Waals surface area contributed by atoms with E-state index in [9.17, 15) is 22.8 Å². The Balaban J connectivity index is 1.75. The predicted molar refractivity (Wildman–Crippen MR) is 91.0 cm³/mol. The van der Waals surface area contributed by atoms with E-state index in [1.807, 2.05) is 18.7 Å². The van der Waals surface area contributed by atoms with E-state index in [1.54, 1.807) is 4.40 Å². The number of aromatic nitrogens is 2. The SMILES string of the molecule is CC1(C)CN(c2cc(C(F)(F)F)cc3cncn23)CCC12CC(=O)NC2=O. The molecule has 6 nitrogen and oxygen atoms in total. The average molecular weight is 380 g/mol. The van der Waals surface area contributed by atoms with Crippen LogP contribution in [0.1, 0.15) is 32.3 Å². The first-order valence-corrected chi connectivity index (χ1v) is 8.66. The molecule has 2 fully saturated rings. The van der Waals surface area contributed by atoms with Gasteiger partial charge in [-0.15, -0.1) is 0 Å². The molecule has 1 spiro atoms. The number of pyridine rings is 1. The topological polar surface area (TPSA) is 66.7 Å². The fourth-order valence-corrected chi connectivity index (χ4v) is 4.38. The van der Waals surface area contributed by atoms with Crippen LogP contribution in [0.4, 0.5) is 19.0 Å². The van der Waals surface area contributed by atoms with Crippen LogP contribution in [0.3, 0.4) is 0 Å². The number of piperidine rings is 1. The van der Waals surface area contributed by atoms with Crippen LogP contribution in [0.25, 0.3) is 5.52 Å². The third kappa shape index (κ3) is 2.59. The molecule has 1 N–H and O–H groups in total. The number of fused-ring (bicyclic) bond motifs is 1. The Morgan fingerprint density at radius 1 is 1.22 bits per heavy atom. The molecule has 9 heteroatoms. The van der Waals surface area contributed by atoms with Gasteiger partial charge in [0.05, 0.1) is 22.7 Å². The van der Waals surface area contributed by atoms with Gasteiger partial charge >= 0.3 is 6.18 Å². The van der Waals surface area contributed by atoms with E-state index < -0.39 is 22.6 Å². The third-order valence-electron chi connectivity index (χ3n) is 5.99. The van der Waals surface area contributed by atoms with Gasteiger partial charge in [0.15, 0.2) is 0 Å². The van der Waals surface area contributed by atoms with Gasteiger partial charge < -0.3 is 4.90 Å². The number of carbonyl (C=O) groups is 2. The molecule has 2 aliphatic rings. The van der Waals surface area contributed by atoms with Gasteiger partial charge in [-0.05, 0) is 24.0 Å². The lowest BCUT2D eigenvalue weighted by Gasteiger charge is -2.50. The molecule has 1 atom stereocenters. The fraction of sp³-hybridized carbons (Fsp3) is 0.500. The molecule has 0 saturated carbocycles. The van der Waals surface area contributed by atoms with E-state index >= 15 is 0 Å². The zero-order valence-electron chi connectivity index (χ0n) is 14.9. The molecule has 2 aromatic heterocycles. The van der Waals surface area contributed by atoms with Crippen molar-refractivity contribution in [3.05, 3.63) is 30.2 Å². The molecule has 144 valence electrons. The molecule has 27 heavy (non-hydrogen) atoms. The van der Waals surface area contributed by atoms with Crippen LogP contribution in [0, 0.1) is 10.8 Å². The largest absolute Gasteiger partial charge is 0.416 e. The number of anilines is 1. The Morgan fingerprint density at radius 2 is 1.96 bits per heavy atom. The van der Waals surface area contributed by atoms with Crippen LogP contribution in [0.5, 0.6) is 0 Å². The number of hydrogen-bond donors (Lipinski definition) is 1. The van der Waals surface area contributed by atoms with E-state index in [-0.39, 0.29) is 18.2 Å². The number of imidazole rings is 1. The van der Waals surface area contributed by atoms with Crippen molar-refractivity contribution >= 4 is 23.1 Å². The summed E-state index contributed by atoms with van der Waals surface area (Å²) in [4.78, 5) is 30.0. The zero-order valence-corrected chi connectivity index (χ0v) is 14.9. The van der Waals surface area contributed by atoms with Crippen molar-refractivity contribution in [3.8, 4) is 0 Å². The molecule has 0 aliphatic carbocycles. The molecule has 4 heterocycles. The van der Waals surface area contributed by atoms with Gasteiger partial charge in [0.1, 0.15) is 12.1 Å². The summed E-state index contributed by atoms with van der Waals surface area (Å²) in [6, 6.07) is 2.18. The second kappa shape index (κ2) is 5.46. The quantitative estimate of drug-likeness (QED) is 0.773. The van der Waals surface area contributed by atoms with Gasteiger partial charge in [-0.25, -0.2) is 4.98 Å². The Hall–Kier alpha value is -2.58. The van der Waals surface area contributed by atoms with Gasteiger partial charge in [-0.2, -0.15) is 13.2 Å². The third-order valence-corrected chi connectivity index (χ3v) is 5.99. The summed E-state index contributed by atoms with van der Waals surface area (Å²) in [6.07, 6.45) is -1.09. The summed E-state index contributed by atoms with van der Waals surface area (Å²) < 4.78 is 41.6. The summed E-state index contributed by atoms with van der Waals surface area (Å²) in [5, 5.41) is 2.38. The molecule has 0 bridgehead atoms. The lowest BCUT2D eigenvalue weighted by atomic mass is 9.60. The highest BCUT2D eigenvalue weighted by Gasteiger charge is 2.58. The van der Waals surface area contributed by atoms with E-state index in [0.29, 0.717) is 30.8 Å². The molecular formula is C18H19F3N4O2. The van der Waals surface area contributed by atoms with Crippen molar-refractivity contribution in [2.75, 3.05) is 18.0 Å². The van der Waals surface area contributed by atoms with Crippen LogP contribution in [0.2, 0.25) is 0 Å². The van der Waals surface area contributed by atoms with Gasteiger partial charge in [0.2, 0.25) is 11.8 Å². The molecule has 2 aromatic rings. The molecule has 0 aromatic carbocycles. The molecule has 0 radical (unpaired) electrons. The Morgan fingerprint density at radius 3 is 2.56 bits per heavy atom. The molecule has 1 unspecified atom stereocenters. The number of alkyl halides is 3. The number of nitrogens with zero attached hydrogens (tertiary/aromatic N) is 3. The maximum absolute atomic E-state index is 13.3. The van der Waals surface area contributed by atoms with E-state index in [0.717, 1.165) is 12.1 Å². The number of imide groups is 1. The minimum Gasteiger partial charge on any atom is -0.357 e. The summed E-state index contributed by atoms with van der Waals surface area (Å²) in [7, 11) is 0. The standard InChI is InChI=1S/C18H19F3N4O2/c1-16(2)9-24(4-3-17(16)7-13(26)23-15(17)27)14-6-11(18(19,20)21)5-12-8-22-10-25(12)14/h5-6,8,10H,3-4,7,9H2,1-2H3,(H,23,26,27). The number of hydrogen-bond acceptors (Lipinski definition) is 4. The number of carbonyl (C=O) groups excluding carboxylic acids is 2.